The SMILES string of the molecule is O=C1NC(c2cccc(OCc3ccc(Cl)cc3)c2)Nc2ccccc21. The number of nitrogens with one attached hydrogen (secondary N) is 2. The average molecular weight is 365 g/mol. The normalized spacial score (nSPS) is 15.6. The van der Waals surface area contributed by atoms with E-state index >= 15 is 0 Å². The predicted molar refractivity (Wildman–Crippen MR) is 102 cm³/mol. The van der Waals surface area contributed by atoms with Crippen LogP contribution in [0.25, 0.3) is 0 Å². The molecule has 3 aromatic rings. The van der Waals surface area contributed by atoms with E-state index in [2.05, 4.69) is 10.6 Å². The van der Waals surface area contributed by atoms with Crippen LogP contribution in [0, 0.1) is 0 Å². The van der Waals surface area contributed by atoms with Crippen LogP contribution < -0.4 is 15.4 Å². The number of amides is 1. The van der Waals surface area contributed by atoms with Crippen molar-refractivity contribution in [1.29, 1.82) is 0 Å². The van der Waals surface area contributed by atoms with Crippen LogP contribution in [0.4, 0.5) is 5.69 Å². The Kier molecular flexibility index (Phi) is 4.50. The van der Waals surface area contributed by atoms with Crippen LogP contribution in [0.2, 0.25) is 5.02 Å². The van der Waals surface area contributed by atoms with Crippen molar-refractivity contribution in [2.24, 2.45) is 0 Å². The molecule has 0 saturated heterocycles. The molecule has 0 aromatic heterocycles. The van der Waals surface area contributed by atoms with Gasteiger partial charge in [-0.1, -0.05) is 48.0 Å². The number of hydrogen-bond acceptors (Lipinski definition) is 3. The van der Waals surface area contributed by atoms with Crippen LogP contribution >= 0.6 is 11.6 Å². The number of hydrogen-bond donors (Lipinski definition) is 2. The van der Waals surface area contributed by atoms with Crippen LogP contribution in [0.3, 0.4) is 0 Å². The number of rotatable bonds is 4. The van der Waals surface area contributed by atoms with Gasteiger partial charge in [0.2, 0.25) is 0 Å². The number of benzene rings is 3. The van der Waals surface area contributed by atoms with E-state index in [0.717, 1.165) is 22.6 Å². The molecule has 3 aromatic carbocycles. The molecule has 0 radical (unpaired) electrons. The van der Waals surface area contributed by atoms with Crippen molar-refractivity contribution in [3.8, 4) is 5.75 Å². The molecule has 1 amide bonds. The molecule has 2 N–H and O–H groups in total. The average Bonchev–Trinajstić information content (AvgIpc) is 2.68. The quantitative estimate of drug-likeness (QED) is 0.700. The molecule has 130 valence electrons. The predicted octanol–water partition coefficient (Wildman–Crippen LogP) is 4.77. The van der Waals surface area contributed by atoms with Crippen LogP contribution in [-0.4, -0.2) is 5.91 Å². The largest absolute Gasteiger partial charge is 0.489 e. The summed E-state index contributed by atoms with van der Waals surface area (Å²) in [7, 11) is 0. The maximum absolute atomic E-state index is 12.3. The highest BCUT2D eigenvalue weighted by molar-refractivity contribution is 6.30. The molecule has 1 heterocycles. The Morgan fingerprint density at radius 3 is 2.58 bits per heavy atom. The summed E-state index contributed by atoms with van der Waals surface area (Å²) in [6, 6.07) is 22.7. The summed E-state index contributed by atoms with van der Waals surface area (Å²) in [4.78, 5) is 12.3. The van der Waals surface area contributed by atoms with E-state index < -0.39 is 0 Å². The van der Waals surface area contributed by atoms with Crippen LogP contribution in [0.5, 0.6) is 5.75 Å². The van der Waals surface area contributed by atoms with Gasteiger partial charge in [0.25, 0.3) is 5.91 Å². The topological polar surface area (TPSA) is 50.4 Å². The second kappa shape index (κ2) is 7.10. The number of ether oxygens (including phenoxy) is 1. The Bertz CT molecular complexity index is 941. The van der Waals surface area contributed by atoms with Crippen molar-refractivity contribution in [2.45, 2.75) is 12.8 Å². The Morgan fingerprint density at radius 1 is 0.923 bits per heavy atom. The zero-order valence-corrected chi connectivity index (χ0v) is 14.7. The highest BCUT2D eigenvalue weighted by Gasteiger charge is 2.24. The lowest BCUT2D eigenvalue weighted by Gasteiger charge is -2.28. The van der Waals surface area contributed by atoms with Gasteiger partial charge in [-0.05, 0) is 47.5 Å². The van der Waals surface area contributed by atoms with Gasteiger partial charge < -0.3 is 15.4 Å². The number of fused-ring (bicyclic) bond motifs is 1. The van der Waals surface area contributed by atoms with E-state index in [1.807, 2.05) is 66.7 Å². The summed E-state index contributed by atoms with van der Waals surface area (Å²) in [5.74, 6) is 0.657. The second-order valence-electron chi connectivity index (χ2n) is 6.08. The molecule has 26 heavy (non-hydrogen) atoms. The van der Waals surface area contributed by atoms with Crippen molar-refractivity contribution in [3.63, 3.8) is 0 Å². The molecular weight excluding hydrogens is 348 g/mol. The van der Waals surface area contributed by atoms with Crippen LogP contribution in [0.15, 0.2) is 72.8 Å². The molecular formula is C21H17ClN2O2. The molecule has 1 unspecified atom stereocenters. The number of anilines is 1. The highest BCUT2D eigenvalue weighted by Crippen LogP contribution is 2.28. The second-order valence-corrected chi connectivity index (χ2v) is 6.52. The third kappa shape index (κ3) is 3.51. The van der Waals surface area contributed by atoms with E-state index in [-0.39, 0.29) is 12.1 Å². The van der Waals surface area contributed by atoms with Gasteiger partial charge in [-0.15, -0.1) is 0 Å². The first-order valence-electron chi connectivity index (χ1n) is 8.33. The molecule has 0 fully saturated rings. The molecule has 1 aliphatic heterocycles. The van der Waals surface area contributed by atoms with Crippen molar-refractivity contribution in [3.05, 3.63) is 94.5 Å². The zero-order chi connectivity index (χ0) is 17.9. The molecule has 1 atom stereocenters. The summed E-state index contributed by atoms with van der Waals surface area (Å²) in [6.07, 6.45) is -0.295. The lowest BCUT2D eigenvalue weighted by Crippen LogP contribution is -2.38. The zero-order valence-electron chi connectivity index (χ0n) is 13.9. The van der Waals surface area contributed by atoms with E-state index in [4.69, 9.17) is 16.3 Å². The molecule has 0 saturated carbocycles. The van der Waals surface area contributed by atoms with Crippen LogP contribution in [-0.2, 0) is 6.61 Å². The van der Waals surface area contributed by atoms with Gasteiger partial charge in [-0.25, -0.2) is 0 Å². The van der Waals surface area contributed by atoms with Crippen LogP contribution in [0.1, 0.15) is 27.7 Å². The fraction of sp³-hybridized carbons (Fsp3) is 0.0952. The molecule has 4 rings (SSSR count). The van der Waals surface area contributed by atoms with Gasteiger partial charge >= 0.3 is 0 Å². The van der Waals surface area contributed by atoms with Crippen molar-refractivity contribution < 1.29 is 9.53 Å². The van der Waals surface area contributed by atoms with Gasteiger partial charge in [-0.3, -0.25) is 4.79 Å². The minimum absolute atomic E-state index is 0.0863. The van der Waals surface area contributed by atoms with Gasteiger partial charge in [0, 0.05) is 10.7 Å². The molecule has 0 bridgehead atoms. The highest BCUT2D eigenvalue weighted by atomic mass is 35.5. The Hall–Kier alpha value is -2.98. The van der Waals surface area contributed by atoms with Gasteiger partial charge in [0.15, 0.2) is 0 Å². The Balaban J connectivity index is 1.49. The molecule has 5 heteroatoms. The summed E-state index contributed by atoms with van der Waals surface area (Å²) in [5, 5.41) is 7.03. The smallest absolute Gasteiger partial charge is 0.255 e. The number of halogens is 1. The summed E-state index contributed by atoms with van der Waals surface area (Å²) in [5.41, 5.74) is 3.45. The summed E-state index contributed by atoms with van der Waals surface area (Å²) >= 11 is 5.90. The number of carbonyl (C=O) groups is 1. The lowest BCUT2D eigenvalue weighted by molar-refractivity contribution is 0.0935. The van der Waals surface area contributed by atoms with Crippen molar-refractivity contribution in [2.75, 3.05) is 5.32 Å². The Morgan fingerprint density at radius 2 is 1.73 bits per heavy atom. The maximum atomic E-state index is 12.3. The van der Waals surface area contributed by atoms with E-state index in [1.54, 1.807) is 6.07 Å². The number of para-hydroxylation sites is 1. The monoisotopic (exact) mass is 364 g/mol. The van der Waals surface area contributed by atoms with Crippen molar-refractivity contribution in [1.82, 2.24) is 5.32 Å². The maximum Gasteiger partial charge on any atom is 0.255 e. The lowest BCUT2D eigenvalue weighted by atomic mass is 10.1. The fourth-order valence-corrected chi connectivity index (χ4v) is 3.03. The fourth-order valence-electron chi connectivity index (χ4n) is 2.91. The minimum Gasteiger partial charge on any atom is -0.489 e. The third-order valence-electron chi connectivity index (χ3n) is 4.26. The van der Waals surface area contributed by atoms with Gasteiger partial charge in [0.1, 0.15) is 18.5 Å². The summed E-state index contributed by atoms with van der Waals surface area (Å²) < 4.78 is 5.88. The molecule has 0 spiro atoms. The van der Waals surface area contributed by atoms with E-state index in [0.29, 0.717) is 17.2 Å². The van der Waals surface area contributed by atoms with Gasteiger partial charge in [-0.2, -0.15) is 0 Å². The molecule has 4 nitrogen and oxygen atoms in total. The van der Waals surface area contributed by atoms with E-state index in [1.165, 1.54) is 0 Å². The van der Waals surface area contributed by atoms with Gasteiger partial charge in [0.05, 0.1) is 5.56 Å². The third-order valence-corrected chi connectivity index (χ3v) is 4.51. The first-order chi connectivity index (χ1) is 12.7. The Labute approximate surface area is 156 Å². The van der Waals surface area contributed by atoms with Crippen molar-refractivity contribution >= 4 is 23.2 Å². The molecule has 1 aliphatic rings. The number of carbonyl (C=O) groups excluding carboxylic acids is 1. The minimum atomic E-state index is -0.295. The first-order valence-corrected chi connectivity index (χ1v) is 8.70. The molecule has 0 aliphatic carbocycles. The standard InChI is InChI=1S/C21H17ClN2O2/c22-16-10-8-14(9-11-16)13-26-17-5-3-4-15(12-17)20-23-19-7-2-1-6-18(19)21(25)24-20/h1-12,20,23H,13H2,(H,24,25). The summed E-state index contributed by atoms with van der Waals surface area (Å²) in [6.45, 7) is 0.452. The van der Waals surface area contributed by atoms with E-state index in [9.17, 15) is 4.79 Å². The first kappa shape index (κ1) is 16.5.